The van der Waals surface area contributed by atoms with Gasteiger partial charge in [0.25, 0.3) is 5.91 Å². The largest absolute Gasteiger partial charge is 0.495 e. The van der Waals surface area contributed by atoms with Gasteiger partial charge < -0.3 is 15.0 Å². The summed E-state index contributed by atoms with van der Waals surface area (Å²) >= 11 is 11.7. The number of nitrogens with one attached hydrogen (secondary N) is 1. The van der Waals surface area contributed by atoms with Crippen molar-refractivity contribution in [2.45, 2.75) is 12.5 Å². The van der Waals surface area contributed by atoms with E-state index in [0.29, 0.717) is 28.7 Å². The Morgan fingerprint density at radius 2 is 2.03 bits per heavy atom. The zero-order valence-electron chi connectivity index (χ0n) is 16.1. The molecular formula is C21H19ClFN3O3S. The molecule has 0 unspecified atom stereocenters. The first-order valence-corrected chi connectivity index (χ1v) is 9.78. The Morgan fingerprint density at radius 3 is 2.63 bits per heavy atom. The summed E-state index contributed by atoms with van der Waals surface area (Å²) in [5, 5.41) is 3.25. The number of anilines is 2. The van der Waals surface area contributed by atoms with Gasteiger partial charge in [0, 0.05) is 12.2 Å². The van der Waals surface area contributed by atoms with Crippen molar-refractivity contribution in [3.63, 3.8) is 0 Å². The molecule has 1 fully saturated rings. The Morgan fingerprint density at radius 1 is 1.33 bits per heavy atom. The zero-order chi connectivity index (χ0) is 21.8. The lowest BCUT2D eigenvalue weighted by Crippen LogP contribution is -2.37. The fourth-order valence-corrected chi connectivity index (χ4v) is 3.78. The third-order valence-electron chi connectivity index (χ3n) is 4.54. The minimum Gasteiger partial charge on any atom is -0.495 e. The highest BCUT2D eigenvalue weighted by molar-refractivity contribution is 7.80. The lowest BCUT2D eigenvalue weighted by atomic mass is 10.1. The quantitative estimate of drug-likeness (QED) is 0.513. The molecule has 0 aliphatic carbocycles. The van der Waals surface area contributed by atoms with E-state index in [2.05, 4.69) is 11.9 Å². The highest BCUT2D eigenvalue weighted by atomic mass is 35.5. The maximum absolute atomic E-state index is 13.2. The van der Waals surface area contributed by atoms with Crippen LogP contribution >= 0.6 is 23.8 Å². The number of hydrogen-bond donors (Lipinski definition) is 1. The number of carbonyl (C=O) groups is 2. The summed E-state index contributed by atoms with van der Waals surface area (Å²) in [6.07, 6.45) is 1.47. The van der Waals surface area contributed by atoms with Crippen LogP contribution in [0.2, 0.25) is 5.02 Å². The predicted octanol–water partition coefficient (Wildman–Crippen LogP) is 4.00. The average molecular weight is 448 g/mol. The highest BCUT2D eigenvalue weighted by Gasteiger charge is 2.43. The molecular weight excluding hydrogens is 429 g/mol. The van der Waals surface area contributed by atoms with Crippen molar-refractivity contribution < 1.29 is 18.7 Å². The molecule has 30 heavy (non-hydrogen) atoms. The summed E-state index contributed by atoms with van der Waals surface area (Å²) in [5.41, 5.74) is 0.912. The van der Waals surface area contributed by atoms with Crippen LogP contribution < -0.4 is 15.0 Å². The maximum Gasteiger partial charge on any atom is 0.256 e. The van der Waals surface area contributed by atoms with Crippen LogP contribution in [0.15, 0.2) is 55.1 Å². The van der Waals surface area contributed by atoms with Gasteiger partial charge in [0.2, 0.25) is 5.91 Å². The smallest absolute Gasteiger partial charge is 0.256 e. The van der Waals surface area contributed by atoms with Gasteiger partial charge >= 0.3 is 0 Å². The summed E-state index contributed by atoms with van der Waals surface area (Å²) in [5.74, 6) is -0.685. The summed E-state index contributed by atoms with van der Waals surface area (Å²) in [7, 11) is 1.49. The summed E-state index contributed by atoms with van der Waals surface area (Å²) in [4.78, 5) is 28.7. The number of hydrogen-bond acceptors (Lipinski definition) is 4. The monoisotopic (exact) mass is 447 g/mol. The highest BCUT2D eigenvalue weighted by Crippen LogP contribution is 2.33. The molecule has 0 aromatic heterocycles. The van der Waals surface area contributed by atoms with Crippen LogP contribution in [0.4, 0.5) is 15.8 Å². The Kier molecular flexibility index (Phi) is 6.69. The molecule has 1 saturated heterocycles. The van der Waals surface area contributed by atoms with Gasteiger partial charge in [-0.25, -0.2) is 4.39 Å². The van der Waals surface area contributed by atoms with Gasteiger partial charge in [-0.2, -0.15) is 0 Å². The Balaban J connectivity index is 1.82. The van der Waals surface area contributed by atoms with E-state index < -0.39 is 17.8 Å². The van der Waals surface area contributed by atoms with Crippen LogP contribution in [0, 0.1) is 5.82 Å². The Bertz CT molecular complexity index is 999. The third kappa shape index (κ3) is 4.44. The first kappa shape index (κ1) is 21.7. The van der Waals surface area contributed by atoms with Gasteiger partial charge in [0.15, 0.2) is 5.11 Å². The number of carbonyl (C=O) groups excluding carboxylic acids is 2. The second kappa shape index (κ2) is 9.23. The predicted molar refractivity (Wildman–Crippen MR) is 118 cm³/mol. The molecule has 9 heteroatoms. The molecule has 0 bridgehead atoms. The lowest BCUT2D eigenvalue weighted by molar-refractivity contribution is -0.124. The van der Waals surface area contributed by atoms with Gasteiger partial charge in [-0.1, -0.05) is 17.7 Å². The van der Waals surface area contributed by atoms with Crippen LogP contribution in [-0.2, 0) is 9.59 Å². The molecule has 2 amide bonds. The number of thiocarbonyl (C=S) groups is 1. The minimum atomic E-state index is -0.808. The molecule has 156 valence electrons. The Labute approximate surface area is 183 Å². The normalized spacial score (nSPS) is 16.0. The van der Waals surface area contributed by atoms with Crippen LogP contribution in [0.5, 0.6) is 5.75 Å². The summed E-state index contributed by atoms with van der Waals surface area (Å²) in [6, 6.07) is 9.45. The van der Waals surface area contributed by atoms with E-state index in [1.54, 1.807) is 29.2 Å². The van der Waals surface area contributed by atoms with Crippen molar-refractivity contribution in [2.24, 2.45) is 0 Å². The minimum absolute atomic E-state index is 0.134. The molecule has 0 saturated carbocycles. The second-order valence-electron chi connectivity index (χ2n) is 6.49. The number of amides is 2. The van der Waals surface area contributed by atoms with E-state index in [-0.39, 0.29) is 17.4 Å². The molecule has 1 atom stereocenters. The van der Waals surface area contributed by atoms with Gasteiger partial charge in [-0.3, -0.25) is 14.5 Å². The lowest BCUT2D eigenvalue weighted by Gasteiger charge is -2.22. The van der Waals surface area contributed by atoms with E-state index in [0.717, 1.165) is 0 Å². The Hall–Kier alpha value is -2.97. The molecule has 1 aliphatic rings. The number of rotatable bonds is 7. The standard InChI is InChI=1S/C21H19ClFN3O3S/c1-3-10-25-17(12-19(27)24-14-6-4-13(23)5-7-14)20(28)26(21(25)30)15-8-9-18(29-2)16(22)11-15/h3-9,11,17H,1,10,12H2,2H3,(H,24,27)/t17-/m1/s1. The molecule has 6 nitrogen and oxygen atoms in total. The van der Waals surface area contributed by atoms with Crippen LogP contribution in [0.3, 0.4) is 0 Å². The van der Waals surface area contributed by atoms with Gasteiger partial charge in [-0.15, -0.1) is 6.58 Å². The fraction of sp³-hybridized carbons (Fsp3) is 0.190. The summed E-state index contributed by atoms with van der Waals surface area (Å²) in [6.45, 7) is 3.99. The maximum atomic E-state index is 13.2. The van der Waals surface area contributed by atoms with Crippen molar-refractivity contribution in [3.8, 4) is 5.75 Å². The number of ether oxygens (including phenoxy) is 1. The van der Waals surface area contributed by atoms with E-state index in [9.17, 15) is 14.0 Å². The van der Waals surface area contributed by atoms with E-state index in [1.807, 2.05) is 0 Å². The summed E-state index contributed by atoms with van der Waals surface area (Å²) < 4.78 is 18.2. The molecule has 1 heterocycles. The second-order valence-corrected chi connectivity index (χ2v) is 7.26. The van der Waals surface area contributed by atoms with Crippen molar-refractivity contribution in [1.82, 2.24) is 4.90 Å². The number of benzene rings is 2. The first-order chi connectivity index (χ1) is 14.3. The number of methoxy groups -OCH3 is 1. The zero-order valence-corrected chi connectivity index (χ0v) is 17.7. The van der Waals surface area contributed by atoms with Crippen LogP contribution in [0.1, 0.15) is 6.42 Å². The van der Waals surface area contributed by atoms with Gasteiger partial charge in [0.1, 0.15) is 17.6 Å². The molecule has 0 radical (unpaired) electrons. The van der Waals surface area contributed by atoms with Crippen molar-refractivity contribution >= 4 is 52.1 Å². The molecule has 2 aromatic rings. The molecule has 1 N–H and O–H groups in total. The topological polar surface area (TPSA) is 61.9 Å². The molecule has 0 spiro atoms. The van der Waals surface area contributed by atoms with E-state index in [1.165, 1.54) is 36.3 Å². The number of halogens is 2. The molecule has 1 aliphatic heterocycles. The van der Waals surface area contributed by atoms with Crippen molar-refractivity contribution in [2.75, 3.05) is 23.9 Å². The van der Waals surface area contributed by atoms with Gasteiger partial charge in [0.05, 0.1) is 24.2 Å². The van der Waals surface area contributed by atoms with E-state index in [4.69, 9.17) is 28.6 Å². The van der Waals surface area contributed by atoms with Crippen LogP contribution in [0.25, 0.3) is 0 Å². The average Bonchev–Trinajstić information content (AvgIpc) is 2.94. The molecule has 3 rings (SSSR count). The number of nitrogens with zero attached hydrogens (tertiary/aromatic N) is 2. The third-order valence-corrected chi connectivity index (χ3v) is 5.26. The first-order valence-electron chi connectivity index (χ1n) is 9.00. The van der Waals surface area contributed by atoms with Crippen molar-refractivity contribution in [3.05, 3.63) is 66.0 Å². The fourth-order valence-electron chi connectivity index (χ4n) is 3.13. The SMILES string of the molecule is C=CCN1C(=S)N(c2ccc(OC)c(Cl)c2)C(=O)[C@H]1CC(=O)Nc1ccc(F)cc1. The van der Waals surface area contributed by atoms with Crippen LogP contribution in [-0.4, -0.2) is 41.5 Å². The van der Waals surface area contributed by atoms with E-state index >= 15 is 0 Å². The van der Waals surface area contributed by atoms with Crippen molar-refractivity contribution in [1.29, 1.82) is 0 Å². The molecule has 2 aromatic carbocycles. The van der Waals surface area contributed by atoms with Gasteiger partial charge in [-0.05, 0) is 54.7 Å².